The number of benzene rings is 1. The predicted molar refractivity (Wildman–Crippen MR) is 105 cm³/mol. The third-order valence-corrected chi connectivity index (χ3v) is 6.59. The van der Waals surface area contributed by atoms with Crippen LogP contribution in [0, 0.1) is 18.7 Å². The highest BCUT2D eigenvalue weighted by molar-refractivity contribution is 5.79. The zero-order valence-corrected chi connectivity index (χ0v) is 16.4. The minimum absolute atomic E-state index is 0.105. The van der Waals surface area contributed by atoms with Crippen molar-refractivity contribution in [2.45, 2.75) is 64.1 Å². The van der Waals surface area contributed by atoms with Gasteiger partial charge in [-0.2, -0.15) is 0 Å². The first-order chi connectivity index (χ1) is 13.1. The quantitative estimate of drug-likeness (QED) is 0.862. The topological polar surface area (TPSA) is 35.6 Å². The Kier molecular flexibility index (Phi) is 5.79. The Morgan fingerprint density at radius 3 is 2.67 bits per heavy atom. The number of likely N-dealkylation sites (tertiary alicyclic amines) is 2. The molecule has 1 amide bonds. The summed E-state index contributed by atoms with van der Waals surface area (Å²) in [6, 6.07) is 6.44. The van der Waals surface area contributed by atoms with E-state index >= 15 is 0 Å². The second-order valence-electron chi connectivity index (χ2n) is 8.65. The molecule has 0 unspecified atom stereocenters. The highest BCUT2D eigenvalue weighted by Gasteiger charge is 2.33. The van der Waals surface area contributed by atoms with Gasteiger partial charge in [0.15, 0.2) is 0 Å². The second-order valence-corrected chi connectivity index (χ2v) is 8.65. The van der Waals surface area contributed by atoms with Crippen LogP contribution < -0.4 is 5.32 Å². The number of amides is 1. The third-order valence-electron chi connectivity index (χ3n) is 6.59. The summed E-state index contributed by atoms with van der Waals surface area (Å²) in [5.74, 6) is 0.347. The molecule has 2 heterocycles. The van der Waals surface area contributed by atoms with Crippen LogP contribution in [-0.4, -0.2) is 54.0 Å². The summed E-state index contributed by atoms with van der Waals surface area (Å²) in [7, 11) is 0. The summed E-state index contributed by atoms with van der Waals surface area (Å²) in [5, 5.41) is 3.19. The van der Waals surface area contributed by atoms with Crippen LogP contribution in [-0.2, 0) is 11.3 Å². The van der Waals surface area contributed by atoms with Gasteiger partial charge in [0.1, 0.15) is 5.82 Å². The van der Waals surface area contributed by atoms with Gasteiger partial charge in [-0.1, -0.05) is 12.1 Å². The van der Waals surface area contributed by atoms with Crippen LogP contribution in [0.25, 0.3) is 0 Å². The van der Waals surface area contributed by atoms with Crippen LogP contribution in [0.15, 0.2) is 18.2 Å². The van der Waals surface area contributed by atoms with Crippen LogP contribution >= 0.6 is 0 Å². The maximum absolute atomic E-state index is 13.8. The average Bonchev–Trinajstić information content (AvgIpc) is 3.50. The summed E-state index contributed by atoms with van der Waals surface area (Å²) >= 11 is 0. The summed E-state index contributed by atoms with van der Waals surface area (Å²) < 4.78 is 13.8. The zero-order chi connectivity index (χ0) is 18.8. The Bertz CT molecular complexity index is 668. The van der Waals surface area contributed by atoms with Gasteiger partial charge in [0.2, 0.25) is 5.91 Å². The smallest absolute Gasteiger partial charge is 0.224 e. The van der Waals surface area contributed by atoms with E-state index in [1.165, 1.54) is 6.07 Å². The second kappa shape index (κ2) is 8.27. The van der Waals surface area contributed by atoms with Crippen molar-refractivity contribution in [3.8, 4) is 0 Å². The fourth-order valence-corrected chi connectivity index (χ4v) is 4.61. The fourth-order valence-electron chi connectivity index (χ4n) is 4.61. The summed E-state index contributed by atoms with van der Waals surface area (Å²) in [6.45, 7) is 6.86. The van der Waals surface area contributed by atoms with E-state index in [1.54, 1.807) is 0 Å². The highest BCUT2D eigenvalue weighted by atomic mass is 19.1. The molecule has 148 valence electrons. The van der Waals surface area contributed by atoms with E-state index in [0.717, 1.165) is 82.4 Å². The molecule has 5 heteroatoms. The number of carbonyl (C=O) groups is 1. The molecule has 1 N–H and O–H groups in total. The molecule has 0 bridgehead atoms. The lowest BCUT2D eigenvalue weighted by Gasteiger charge is -2.42. The van der Waals surface area contributed by atoms with E-state index < -0.39 is 0 Å². The maximum Gasteiger partial charge on any atom is 0.224 e. The SMILES string of the molecule is Cc1c(F)cccc1CN1CCC(N2CCC[C@@H](C(=O)NC3CC3)C2)CC1. The first kappa shape index (κ1) is 18.9. The molecule has 27 heavy (non-hydrogen) atoms. The number of rotatable bonds is 5. The van der Waals surface area contributed by atoms with Gasteiger partial charge in [0.05, 0.1) is 5.92 Å². The number of hydrogen-bond donors (Lipinski definition) is 1. The molecule has 2 aliphatic heterocycles. The summed E-state index contributed by atoms with van der Waals surface area (Å²) in [5.41, 5.74) is 1.88. The Labute approximate surface area is 162 Å². The molecular formula is C22H32FN3O. The van der Waals surface area contributed by atoms with Gasteiger partial charge in [-0.15, -0.1) is 0 Å². The van der Waals surface area contributed by atoms with E-state index in [4.69, 9.17) is 0 Å². The van der Waals surface area contributed by atoms with Crippen LogP contribution in [0.5, 0.6) is 0 Å². The van der Waals surface area contributed by atoms with E-state index in [0.29, 0.717) is 12.1 Å². The fraction of sp³-hybridized carbons (Fsp3) is 0.682. The van der Waals surface area contributed by atoms with E-state index in [1.807, 2.05) is 19.1 Å². The molecule has 3 aliphatic rings. The monoisotopic (exact) mass is 373 g/mol. The van der Waals surface area contributed by atoms with E-state index in [-0.39, 0.29) is 17.6 Å². The van der Waals surface area contributed by atoms with Crippen LogP contribution in [0.2, 0.25) is 0 Å². The molecule has 4 nitrogen and oxygen atoms in total. The normalized spacial score (nSPS) is 25.5. The van der Waals surface area contributed by atoms with Crippen molar-refractivity contribution in [1.82, 2.24) is 15.1 Å². The standard InChI is InChI=1S/C22H32FN3O/c1-16-17(4-2-6-21(16)23)14-25-12-9-20(10-13-25)26-11-3-5-18(15-26)22(27)24-19-7-8-19/h2,4,6,18-20H,3,5,7-15H2,1H3,(H,24,27)/t18-/m1/s1. The molecule has 1 saturated carbocycles. The Morgan fingerprint density at radius 2 is 1.93 bits per heavy atom. The largest absolute Gasteiger partial charge is 0.353 e. The number of nitrogens with zero attached hydrogens (tertiary/aromatic N) is 2. The number of hydrogen-bond acceptors (Lipinski definition) is 3. The van der Waals surface area contributed by atoms with Gasteiger partial charge in [0, 0.05) is 25.2 Å². The molecular weight excluding hydrogens is 341 g/mol. The lowest BCUT2D eigenvalue weighted by molar-refractivity contribution is -0.127. The van der Waals surface area contributed by atoms with Crippen molar-refractivity contribution in [2.24, 2.45) is 5.92 Å². The van der Waals surface area contributed by atoms with Crippen LogP contribution in [0.1, 0.15) is 49.7 Å². The van der Waals surface area contributed by atoms with Crippen molar-refractivity contribution in [2.75, 3.05) is 26.2 Å². The van der Waals surface area contributed by atoms with Gasteiger partial charge in [0.25, 0.3) is 0 Å². The molecule has 0 radical (unpaired) electrons. The minimum atomic E-state index is -0.105. The molecule has 1 aliphatic carbocycles. The number of nitrogens with one attached hydrogen (secondary N) is 1. The van der Waals surface area contributed by atoms with Crippen LogP contribution in [0.4, 0.5) is 4.39 Å². The van der Waals surface area contributed by atoms with Gasteiger partial charge in [-0.3, -0.25) is 14.6 Å². The zero-order valence-electron chi connectivity index (χ0n) is 16.4. The van der Waals surface area contributed by atoms with Crippen molar-refractivity contribution in [3.05, 3.63) is 35.1 Å². The summed E-state index contributed by atoms with van der Waals surface area (Å²) in [6.07, 6.45) is 6.77. The molecule has 0 aromatic heterocycles. The predicted octanol–water partition coefficient (Wildman–Crippen LogP) is 3.09. The number of carbonyl (C=O) groups excluding carboxylic acids is 1. The first-order valence-electron chi connectivity index (χ1n) is 10.6. The highest BCUT2D eigenvalue weighted by Crippen LogP contribution is 2.26. The van der Waals surface area contributed by atoms with Crippen molar-refractivity contribution in [1.29, 1.82) is 0 Å². The number of halogens is 1. The maximum atomic E-state index is 13.8. The van der Waals surface area contributed by atoms with Crippen molar-refractivity contribution < 1.29 is 9.18 Å². The minimum Gasteiger partial charge on any atom is -0.353 e. The van der Waals surface area contributed by atoms with Crippen LogP contribution in [0.3, 0.4) is 0 Å². The Morgan fingerprint density at radius 1 is 1.15 bits per heavy atom. The van der Waals surface area contributed by atoms with Gasteiger partial charge < -0.3 is 5.32 Å². The molecule has 1 atom stereocenters. The van der Waals surface area contributed by atoms with Crippen molar-refractivity contribution in [3.63, 3.8) is 0 Å². The summed E-state index contributed by atoms with van der Waals surface area (Å²) in [4.78, 5) is 17.4. The molecule has 1 aromatic rings. The Balaban J connectivity index is 1.27. The lowest BCUT2D eigenvalue weighted by Crippen LogP contribution is -2.50. The molecule has 1 aromatic carbocycles. The van der Waals surface area contributed by atoms with Crippen molar-refractivity contribution >= 4 is 5.91 Å². The molecule has 4 rings (SSSR count). The van der Waals surface area contributed by atoms with Gasteiger partial charge >= 0.3 is 0 Å². The molecule has 3 fully saturated rings. The van der Waals surface area contributed by atoms with Gasteiger partial charge in [-0.05, 0) is 82.3 Å². The lowest BCUT2D eigenvalue weighted by atomic mass is 9.93. The third kappa shape index (κ3) is 4.69. The molecule has 2 saturated heterocycles. The number of piperidine rings is 2. The molecule has 0 spiro atoms. The first-order valence-corrected chi connectivity index (χ1v) is 10.6. The van der Waals surface area contributed by atoms with E-state index in [9.17, 15) is 9.18 Å². The average molecular weight is 374 g/mol. The van der Waals surface area contributed by atoms with Gasteiger partial charge in [-0.25, -0.2) is 4.39 Å². The van der Waals surface area contributed by atoms with E-state index in [2.05, 4.69) is 15.1 Å². The Hall–Kier alpha value is -1.46.